The summed E-state index contributed by atoms with van der Waals surface area (Å²) in [5.41, 5.74) is 0. The van der Waals surface area contributed by atoms with E-state index in [1.54, 1.807) is 0 Å². The van der Waals surface area contributed by atoms with Crippen LogP contribution in [0, 0.1) is 12.8 Å². The fraction of sp³-hybridized carbons (Fsp3) is 0.842. The molecule has 1 N–H and O–H groups in total. The van der Waals surface area contributed by atoms with Gasteiger partial charge in [-0.15, -0.1) is 34.2 Å². The molecule has 1 aromatic heterocycles. The van der Waals surface area contributed by atoms with E-state index in [4.69, 9.17) is 14.5 Å². The van der Waals surface area contributed by atoms with Gasteiger partial charge in [-0.3, -0.25) is 4.90 Å². The fourth-order valence-electron chi connectivity index (χ4n) is 3.57. The third kappa shape index (κ3) is 7.65. The predicted octanol–water partition coefficient (Wildman–Crippen LogP) is 0.878. The number of halogens is 1. The van der Waals surface area contributed by atoms with E-state index >= 15 is 0 Å². The van der Waals surface area contributed by atoms with Crippen LogP contribution in [0.4, 0.5) is 0 Å². The largest absolute Gasteiger partial charge is 0.381 e. The number of aromatic nitrogens is 3. The lowest BCUT2D eigenvalue weighted by Gasteiger charge is -2.27. The molecular weight excluding hydrogens is 485 g/mol. The van der Waals surface area contributed by atoms with Crippen molar-refractivity contribution in [2.24, 2.45) is 18.0 Å². The lowest BCUT2D eigenvalue weighted by molar-refractivity contribution is 0.0375. The molecule has 1 unspecified atom stereocenters. The quantitative estimate of drug-likeness (QED) is 0.236. The summed E-state index contributed by atoms with van der Waals surface area (Å²) in [5, 5.41) is 11.9. The summed E-state index contributed by atoms with van der Waals surface area (Å²) in [5.74, 6) is 3.28. The van der Waals surface area contributed by atoms with Gasteiger partial charge in [0, 0.05) is 52.8 Å². The molecule has 2 saturated heterocycles. The molecule has 29 heavy (non-hydrogen) atoms. The molecule has 0 spiro atoms. The molecule has 0 aliphatic carbocycles. The minimum Gasteiger partial charge on any atom is -0.381 e. The van der Waals surface area contributed by atoms with Crippen molar-refractivity contribution in [2.75, 3.05) is 66.2 Å². The van der Waals surface area contributed by atoms with Crippen molar-refractivity contribution in [3.8, 4) is 0 Å². The van der Waals surface area contributed by atoms with E-state index in [2.05, 4.69) is 32.4 Å². The van der Waals surface area contributed by atoms with E-state index in [9.17, 15) is 0 Å². The molecule has 166 valence electrons. The molecule has 0 aromatic carbocycles. The Morgan fingerprint density at radius 3 is 2.69 bits per heavy atom. The van der Waals surface area contributed by atoms with Crippen LogP contribution in [-0.2, 0) is 23.1 Å². The Bertz CT molecular complexity index is 628. The van der Waals surface area contributed by atoms with Crippen molar-refractivity contribution in [1.82, 2.24) is 29.9 Å². The van der Waals surface area contributed by atoms with Gasteiger partial charge < -0.3 is 24.3 Å². The number of aryl methyl sites for hydroxylation is 1. The number of hydrogen-bond donors (Lipinski definition) is 1. The van der Waals surface area contributed by atoms with Gasteiger partial charge in [-0.05, 0) is 26.3 Å². The van der Waals surface area contributed by atoms with Crippen LogP contribution >= 0.6 is 24.0 Å². The van der Waals surface area contributed by atoms with E-state index in [-0.39, 0.29) is 24.0 Å². The Morgan fingerprint density at radius 2 is 2.03 bits per heavy atom. The molecule has 2 fully saturated rings. The summed E-state index contributed by atoms with van der Waals surface area (Å²) in [6.45, 7) is 10.9. The van der Waals surface area contributed by atoms with Gasteiger partial charge in [-0.25, -0.2) is 4.99 Å². The molecule has 1 aromatic rings. The zero-order valence-corrected chi connectivity index (χ0v) is 20.3. The molecule has 0 bridgehead atoms. The second-order valence-electron chi connectivity index (χ2n) is 7.71. The van der Waals surface area contributed by atoms with Gasteiger partial charge in [0.25, 0.3) is 0 Å². The predicted molar refractivity (Wildman–Crippen MR) is 124 cm³/mol. The fourth-order valence-corrected chi connectivity index (χ4v) is 3.57. The van der Waals surface area contributed by atoms with Crippen LogP contribution in [0.25, 0.3) is 0 Å². The molecule has 2 aliphatic rings. The highest BCUT2D eigenvalue weighted by Crippen LogP contribution is 2.13. The Balaban J connectivity index is 0.00000300. The topological polar surface area (TPSA) is 80.0 Å². The van der Waals surface area contributed by atoms with Gasteiger partial charge in [-0.1, -0.05) is 0 Å². The van der Waals surface area contributed by atoms with Gasteiger partial charge in [0.15, 0.2) is 11.8 Å². The minimum atomic E-state index is 0. The first-order valence-electron chi connectivity index (χ1n) is 10.4. The Hall–Kier alpha value is -0.980. The number of aliphatic imine (C=N–C) groups is 1. The molecule has 10 heteroatoms. The number of rotatable bonds is 8. The number of hydrogen-bond acceptors (Lipinski definition) is 6. The van der Waals surface area contributed by atoms with E-state index in [1.165, 1.54) is 0 Å². The maximum absolute atomic E-state index is 5.53. The van der Waals surface area contributed by atoms with Gasteiger partial charge in [0.1, 0.15) is 12.4 Å². The first-order chi connectivity index (χ1) is 13.6. The first-order valence-corrected chi connectivity index (χ1v) is 10.4. The molecule has 2 aliphatic heterocycles. The minimum absolute atomic E-state index is 0. The van der Waals surface area contributed by atoms with Gasteiger partial charge in [0.05, 0.1) is 19.8 Å². The lowest BCUT2D eigenvalue weighted by Crippen LogP contribution is -2.43. The van der Waals surface area contributed by atoms with Crippen molar-refractivity contribution >= 4 is 29.9 Å². The Labute approximate surface area is 191 Å². The molecule has 3 rings (SSSR count). The standard InChI is InChI=1S/C19H35N7O2.HI/c1-16-22-23-18(25(16)3)13-21-19(24(2)14-17-5-10-28-15-17)20-6-4-7-26-8-11-27-12-9-26;/h17H,4-15H2,1-3H3,(H,20,21);1H. The van der Waals surface area contributed by atoms with Crippen LogP contribution in [0.5, 0.6) is 0 Å². The SMILES string of the molecule is Cc1nnc(CN=C(NCCCN2CCOCC2)N(C)CC2CCOC2)n1C.I. The number of guanidine groups is 1. The second-order valence-corrected chi connectivity index (χ2v) is 7.71. The highest BCUT2D eigenvalue weighted by atomic mass is 127. The van der Waals surface area contributed by atoms with E-state index in [1.807, 2.05) is 18.5 Å². The summed E-state index contributed by atoms with van der Waals surface area (Å²) in [6.07, 6.45) is 2.21. The smallest absolute Gasteiger partial charge is 0.194 e. The summed E-state index contributed by atoms with van der Waals surface area (Å²) >= 11 is 0. The number of morpholine rings is 1. The van der Waals surface area contributed by atoms with Crippen molar-refractivity contribution in [2.45, 2.75) is 26.3 Å². The normalized spacial score (nSPS) is 20.5. The number of nitrogens with zero attached hydrogens (tertiary/aromatic N) is 6. The average Bonchev–Trinajstić information content (AvgIpc) is 3.33. The van der Waals surface area contributed by atoms with Crippen molar-refractivity contribution in [1.29, 1.82) is 0 Å². The van der Waals surface area contributed by atoms with E-state index in [0.29, 0.717) is 12.5 Å². The average molecular weight is 521 g/mol. The number of ether oxygens (including phenoxy) is 2. The highest BCUT2D eigenvalue weighted by molar-refractivity contribution is 14.0. The highest BCUT2D eigenvalue weighted by Gasteiger charge is 2.19. The second kappa shape index (κ2) is 12.7. The van der Waals surface area contributed by atoms with Crippen LogP contribution < -0.4 is 5.32 Å². The zero-order valence-electron chi connectivity index (χ0n) is 18.0. The van der Waals surface area contributed by atoms with Gasteiger partial charge in [0.2, 0.25) is 0 Å². The van der Waals surface area contributed by atoms with Crippen LogP contribution in [0.2, 0.25) is 0 Å². The number of nitrogens with one attached hydrogen (secondary N) is 1. The third-order valence-electron chi connectivity index (χ3n) is 5.51. The third-order valence-corrected chi connectivity index (χ3v) is 5.51. The molecule has 3 heterocycles. The maximum Gasteiger partial charge on any atom is 0.194 e. The van der Waals surface area contributed by atoms with E-state index < -0.39 is 0 Å². The van der Waals surface area contributed by atoms with E-state index in [0.717, 1.165) is 89.6 Å². The summed E-state index contributed by atoms with van der Waals surface area (Å²) in [7, 11) is 4.09. The Kier molecular flexibility index (Phi) is 10.6. The first kappa shape index (κ1) is 24.3. The van der Waals surface area contributed by atoms with Crippen molar-refractivity contribution in [3.63, 3.8) is 0 Å². The lowest BCUT2D eigenvalue weighted by atomic mass is 10.1. The van der Waals surface area contributed by atoms with Crippen LogP contribution in [0.15, 0.2) is 4.99 Å². The van der Waals surface area contributed by atoms with Crippen LogP contribution in [0.1, 0.15) is 24.5 Å². The monoisotopic (exact) mass is 521 g/mol. The molecular formula is C19H36IN7O2. The molecule has 0 saturated carbocycles. The molecule has 0 amide bonds. The molecule has 9 nitrogen and oxygen atoms in total. The molecule has 0 radical (unpaired) electrons. The maximum atomic E-state index is 5.53. The van der Waals surface area contributed by atoms with Crippen molar-refractivity contribution < 1.29 is 9.47 Å². The van der Waals surface area contributed by atoms with Crippen LogP contribution in [0.3, 0.4) is 0 Å². The van der Waals surface area contributed by atoms with Crippen molar-refractivity contribution in [3.05, 3.63) is 11.6 Å². The van der Waals surface area contributed by atoms with Gasteiger partial charge in [-0.2, -0.15) is 0 Å². The van der Waals surface area contributed by atoms with Gasteiger partial charge >= 0.3 is 0 Å². The summed E-state index contributed by atoms with van der Waals surface area (Å²) in [4.78, 5) is 9.51. The van der Waals surface area contributed by atoms with Crippen LogP contribution in [-0.4, -0.2) is 96.7 Å². The Morgan fingerprint density at radius 1 is 1.24 bits per heavy atom. The molecule has 1 atom stereocenters. The zero-order chi connectivity index (χ0) is 19.8. The summed E-state index contributed by atoms with van der Waals surface area (Å²) in [6, 6.07) is 0. The summed E-state index contributed by atoms with van der Waals surface area (Å²) < 4.78 is 12.9.